The second-order valence-corrected chi connectivity index (χ2v) is 0.747. The summed E-state index contributed by atoms with van der Waals surface area (Å²) in [6, 6.07) is 0. The Morgan fingerprint density at radius 3 is 2.00 bits per heavy atom. The molecule has 0 aromatic heterocycles. The van der Waals surface area contributed by atoms with Crippen molar-refractivity contribution >= 4 is 5.97 Å². The van der Waals surface area contributed by atoms with Crippen LogP contribution in [0.25, 0.3) is 0 Å². The predicted molar refractivity (Wildman–Crippen MR) is 22.1 cm³/mol. The fraction of sp³-hybridized carbons (Fsp3) is 0.667. The van der Waals surface area contributed by atoms with E-state index in [1.807, 2.05) is 0 Å². The summed E-state index contributed by atoms with van der Waals surface area (Å²) < 4.78 is 0. The summed E-state index contributed by atoms with van der Waals surface area (Å²) in [5.41, 5.74) is 0. The molecule has 0 atom stereocenters. The van der Waals surface area contributed by atoms with Gasteiger partial charge < -0.3 is 5.11 Å². The zero-order valence-electron chi connectivity index (χ0n) is 3.64. The predicted octanol–water partition coefficient (Wildman–Crippen LogP) is -0.325. The van der Waals surface area contributed by atoms with E-state index in [0.717, 1.165) is 0 Å². The number of hydrogen-bond acceptors (Lipinski definition) is 1. The van der Waals surface area contributed by atoms with E-state index in [2.05, 4.69) is 0 Å². The molecule has 0 aromatic carbocycles. The van der Waals surface area contributed by atoms with Gasteiger partial charge in [0.25, 0.3) is 0 Å². The van der Waals surface area contributed by atoms with Crippen LogP contribution in [0, 0.1) is 0 Å². The molecular weight excluding hydrogens is 120 g/mol. The minimum atomic E-state index is -0.745. The molecule has 39 valence electrons. The Hall–Kier alpha value is 0.00247. The SMILES string of the molecule is CCC(=O)O.[CrH3]. The van der Waals surface area contributed by atoms with Crippen molar-refractivity contribution in [1.82, 2.24) is 0 Å². The van der Waals surface area contributed by atoms with Crippen LogP contribution in [0.4, 0.5) is 0 Å². The van der Waals surface area contributed by atoms with Gasteiger partial charge in [0.05, 0.1) is 0 Å². The number of aliphatic carboxylic acids is 1. The second-order valence-electron chi connectivity index (χ2n) is 0.747. The molecule has 0 amide bonds. The molecule has 0 fully saturated rings. The van der Waals surface area contributed by atoms with Crippen LogP contribution >= 0.6 is 0 Å². The normalized spacial score (nSPS) is 6.17. The first-order valence-electron chi connectivity index (χ1n) is 1.49. The van der Waals surface area contributed by atoms with Gasteiger partial charge in [-0.3, -0.25) is 4.79 Å². The van der Waals surface area contributed by atoms with Crippen molar-refractivity contribution in [3.8, 4) is 0 Å². The van der Waals surface area contributed by atoms with Gasteiger partial charge >= 0.3 is 23.3 Å². The van der Waals surface area contributed by atoms with Crippen LogP contribution in [0.5, 0.6) is 0 Å². The molecule has 0 heterocycles. The molecule has 0 saturated carbocycles. The Balaban J connectivity index is 0. The Bertz CT molecular complexity index is 44.1. The molecule has 0 radical (unpaired) electrons. The fourth-order valence-electron chi connectivity index (χ4n) is 0. The van der Waals surface area contributed by atoms with Crippen LogP contribution in [-0.4, -0.2) is 11.1 Å². The van der Waals surface area contributed by atoms with Crippen LogP contribution in [0.3, 0.4) is 0 Å². The first-order valence-corrected chi connectivity index (χ1v) is 1.49. The van der Waals surface area contributed by atoms with E-state index in [-0.39, 0.29) is 23.8 Å². The number of hydrogen-bond donors (Lipinski definition) is 1. The molecule has 0 aliphatic carbocycles. The second kappa shape index (κ2) is 5.00. The molecule has 6 heavy (non-hydrogen) atoms. The van der Waals surface area contributed by atoms with Crippen molar-refractivity contribution in [3.63, 3.8) is 0 Å². The Morgan fingerprint density at radius 2 is 2.00 bits per heavy atom. The molecule has 0 unspecified atom stereocenters. The van der Waals surface area contributed by atoms with Crippen molar-refractivity contribution in [2.45, 2.75) is 13.3 Å². The van der Waals surface area contributed by atoms with Gasteiger partial charge in [-0.25, -0.2) is 0 Å². The number of carboxylic acids is 1. The van der Waals surface area contributed by atoms with Gasteiger partial charge in [0.2, 0.25) is 0 Å². The van der Waals surface area contributed by atoms with E-state index in [1.54, 1.807) is 6.92 Å². The van der Waals surface area contributed by atoms with E-state index >= 15 is 0 Å². The average Bonchev–Trinajstić information content (AvgIpc) is 1.38. The van der Waals surface area contributed by atoms with Crippen LogP contribution < -0.4 is 0 Å². The molecule has 0 bridgehead atoms. The first-order chi connectivity index (χ1) is 2.27. The Labute approximate surface area is 47.3 Å². The monoisotopic (exact) mass is 129 g/mol. The van der Waals surface area contributed by atoms with E-state index in [1.165, 1.54) is 0 Å². The molecule has 0 aliphatic heterocycles. The molecular formula is C3H9CrO2. The van der Waals surface area contributed by atoms with E-state index in [4.69, 9.17) is 5.11 Å². The number of carboxylic acid groups (broad SMARTS) is 1. The summed E-state index contributed by atoms with van der Waals surface area (Å²) in [6.07, 6.45) is 0.222. The van der Waals surface area contributed by atoms with Crippen molar-refractivity contribution < 1.29 is 27.3 Å². The molecule has 3 heteroatoms. The van der Waals surface area contributed by atoms with Gasteiger partial charge in [-0.1, -0.05) is 6.92 Å². The quantitative estimate of drug-likeness (QED) is 0.526. The summed E-state index contributed by atoms with van der Waals surface area (Å²) in [6.45, 7) is 1.60. The van der Waals surface area contributed by atoms with E-state index in [9.17, 15) is 4.79 Å². The third-order valence-corrected chi connectivity index (χ3v) is 0.302. The maximum absolute atomic E-state index is 9.37. The summed E-state index contributed by atoms with van der Waals surface area (Å²) in [7, 11) is 0. The zero-order valence-corrected chi connectivity index (χ0v) is 5.44. The van der Waals surface area contributed by atoms with Gasteiger partial charge in [-0.15, -0.1) is 0 Å². The molecule has 1 N–H and O–H groups in total. The fourth-order valence-corrected chi connectivity index (χ4v) is 0. The third kappa shape index (κ3) is 9.00. The van der Waals surface area contributed by atoms with Crippen LogP contribution in [-0.2, 0) is 22.2 Å². The summed E-state index contributed by atoms with van der Waals surface area (Å²) in [5.74, 6) is -0.745. The zero-order chi connectivity index (χ0) is 4.28. The average molecular weight is 129 g/mol. The molecule has 0 rings (SSSR count). The topological polar surface area (TPSA) is 37.3 Å². The van der Waals surface area contributed by atoms with Gasteiger partial charge in [-0.05, 0) is 0 Å². The standard InChI is InChI=1S/C3H6O2.Cr.3H/c1-2-3(4)5;;;;/h2H2,1H3,(H,4,5);;;;. The van der Waals surface area contributed by atoms with Crippen LogP contribution in [0.2, 0.25) is 0 Å². The van der Waals surface area contributed by atoms with Gasteiger partial charge in [0.15, 0.2) is 0 Å². The molecule has 0 aliphatic rings. The van der Waals surface area contributed by atoms with Gasteiger partial charge in [0, 0.05) is 6.42 Å². The Morgan fingerprint density at radius 1 is 1.83 bits per heavy atom. The van der Waals surface area contributed by atoms with E-state index < -0.39 is 5.97 Å². The van der Waals surface area contributed by atoms with Crippen LogP contribution in [0.1, 0.15) is 13.3 Å². The first kappa shape index (κ1) is 9.38. The third-order valence-electron chi connectivity index (χ3n) is 0.302. The van der Waals surface area contributed by atoms with Crippen LogP contribution in [0.15, 0.2) is 0 Å². The number of rotatable bonds is 1. The number of carbonyl (C=O) groups is 1. The molecule has 0 aromatic rings. The summed E-state index contributed by atoms with van der Waals surface area (Å²) in [4.78, 5) is 9.37. The maximum atomic E-state index is 9.37. The summed E-state index contributed by atoms with van der Waals surface area (Å²) in [5, 5.41) is 7.72. The van der Waals surface area contributed by atoms with E-state index in [0.29, 0.717) is 0 Å². The van der Waals surface area contributed by atoms with Crippen molar-refractivity contribution in [1.29, 1.82) is 0 Å². The van der Waals surface area contributed by atoms with Crippen molar-refractivity contribution in [2.75, 3.05) is 0 Å². The molecule has 2 nitrogen and oxygen atoms in total. The molecule has 0 saturated heterocycles. The van der Waals surface area contributed by atoms with Crippen molar-refractivity contribution in [2.24, 2.45) is 0 Å². The Kier molecular flexibility index (Phi) is 7.82. The minimum absolute atomic E-state index is 0. The van der Waals surface area contributed by atoms with Crippen molar-refractivity contribution in [3.05, 3.63) is 0 Å². The molecule has 0 spiro atoms. The van der Waals surface area contributed by atoms with Gasteiger partial charge in [0.1, 0.15) is 0 Å². The van der Waals surface area contributed by atoms with Gasteiger partial charge in [-0.2, -0.15) is 0 Å². The summed E-state index contributed by atoms with van der Waals surface area (Å²) >= 11 is 0.